The van der Waals surface area contributed by atoms with Crippen molar-refractivity contribution in [3.8, 4) is 0 Å². The number of fused-ring (bicyclic) bond motifs is 1. The van der Waals surface area contributed by atoms with Crippen LogP contribution in [0.15, 0.2) is 36.4 Å². The second-order valence-corrected chi connectivity index (χ2v) is 23.3. The zero-order valence-electron chi connectivity index (χ0n) is 20.2. The Bertz CT molecular complexity index is 986. The molecule has 0 aliphatic heterocycles. The SMILES string of the molecule is CCC[CH2][Sn]([CH2]CCC)([CH2]CCC)[c]1ccc2c(C)nn(Cc3c(Cl)cccc3Cl)c2c1. The van der Waals surface area contributed by atoms with Gasteiger partial charge >= 0.3 is 210 Å². The van der Waals surface area contributed by atoms with E-state index in [0.717, 1.165) is 11.3 Å². The third-order valence-corrected chi connectivity index (χ3v) is 23.3. The molecule has 0 aliphatic rings. The molecule has 2 nitrogen and oxygen atoms in total. The molecule has 1 aromatic heterocycles. The third kappa shape index (κ3) is 5.85. The van der Waals surface area contributed by atoms with Crippen LogP contribution in [-0.4, -0.2) is 28.2 Å². The first-order valence-corrected chi connectivity index (χ1v) is 20.6. The summed E-state index contributed by atoms with van der Waals surface area (Å²) >= 11 is 10.5. The van der Waals surface area contributed by atoms with Crippen LogP contribution in [0.3, 0.4) is 0 Å². The fraction of sp³-hybridized carbons (Fsp3) is 0.519. The van der Waals surface area contributed by atoms with Crippen LogP contribution in [0.5, 0.6) is 0 Å². The van der Waals surface area contributed by atoms with Gasteiger partial charge in [0.15, 0.2) is 0 Å². The first kappa shape index (κ1) is 25.9. The van der Waals surface area contributed by atoms with Crippen LogP contribution in [0.25, 0.3) is 10.9 Å². The zero-order chi connectivity index (χ0) is 23.1. The van der Waals surface area contributed by atoms with Crippen molar-refractivity contribution in [2.75, 3.05) is 0 Å². The van der Waals surface area contributed by atoms with Crippen molar-refractivity contribution in [1.82, 2.24) is 9.78 Å². The van der Waals surface area contributed by atoms with Crippen LogP contribution in [-0.2, 0) is 6.54 Å². The number of unbranched alkanes of at least 4 members (excludes halogenated alkanes) is 3. The molecule has 3 aromatic rings. The Balaban J connectivity index is 2.09. The quantitative estimate of drug-likeness (QED) is 0.196. The standard InChI is InChI=1S/C15H11Cl2N2.3C4H9.Sn/c1-10-11-5-2-3-8-15(11)19(18-10)9-12-13(16)6-4-7-14(12)17;3*1-3-4-2;/h2,4-8H,9H2,1H3;3*1,3-4H2,2H3;. The van der Waals surface area contributed by atoms with Gasteiger partial charge in [0.2, 0.25) is 0 Å². The van der Waals surface area contributed by atoms with Crippen molar-refractivity contribution in [3.05, 3.63) is 57.7 Å². The van der Waals surface area contributed by atoms with Gasteiger partial charge in [-0.3, -0.25) is 0 Å². The van der Waals surface area contributed by atoms with Crippen molar-refractivity contribution in [1.29, 1.82) is 0 Å². The number of benzene rings is 2. The molecule has 1 heterocycles. The Hall–Kier alpha value is -0.711. The molecule has 0 aliphatic carbocycles. The maximum absolute atomic E-state index is 6.50. The molecule has 0 N–H and O–H groups in total. The fourth-order valence-corrected chi connectivity index (χ4v) is 21.4. The van der Waals surface area contributed by atoms with E-state index >= 15 is 0 Å². The van der Waals surface area contributed by atoms with Crippen molar-refractivity contribution >= 4 is 56.1 Å². The number of aromatic nitrogens is 2. The molecule has 0 spiro atoms. The number of rotatable bonds is 12. The van der Waals surface area contributed by atoms with E-state index in [-0.39, 0.29) is 0 Å². The second-order valence-electron chi connectivity index (χ2n) is 9.27. The van der Waals surface area contributed by atoms with Crippen LogP contribution >= 0.6 is 23.2 Å². The number of halogens is 2. The van der Waals surface area contributed by atoms with Crippen LogP contribution < -0.4 is 3.58 Å². The Morgan fingerprint density at radius 2 is 1.41 bits per heavy atom. The molecule has 0 radical (unpaired) electrons. The van der Waals surface area contributed by atoms with Gasteiger partial charge < -0.3 is 0 Å². The minimum atomic E-state index is -2.51. The van der Waals surface area contributed by atoms with Crippen molar-refractivity contribution in [3.63, 3.8) is 0 Å². The van der Waals surface area contributed by atoms with E-state index in [0.29, 0.717) is 16.6 Å². The molecule has 0 amide bonds. The molecule has 0 saturated carbocycles. The van der Waals surface area contributed by atoms with E-state index in [4.69, 9.17) is 28.3 Å². The van der Waals surface area contributed by atoms with E-state index in [9.17, 15) is 0 Å². The molecule has 0 fully saturated rings. The van der Waals surface area contributed by atoms with E-state index in [1.54, 1.807) is 3.58 Å². The molecule has 3 rings (SSSR count). The Morgan fingerprint density at radius 1 is 0.844 bits per heavy atom. The maximum atomic E-state index is 6.50. The zero-order valence-corrected chi connectivity index (χ0v) is 24.6. The van der Waals surface area contributed by atoms with Crippen molar-refractivity contribution in [2.45, 2.75) is 86.1 Å². The monoisotopic (exact) mass is 580 g/mol. The molecule has 0 bridgehead atoms. The van der Waals surface area contributed by atoms with Crippen LogP contribution in [0, 0.1) is 6.92 Å². The molecule has 0 saturated heterocycles. The van der Waals surface area contributed by atoms with E-state index in [2.05, 4.69) is 50.6 Å². The Morgan fingerprint density at radius 3 is 1.94 bits per heavy atom. The average molecular weight is 580 g/mol. The van der Waals surface area contributed by atoms with Crippen LogP contribution in [0.1, 0.15) is 70.6 Å². The van der Waals surface area contributed by atoms with Gasteiger partial charge in [0.1, 0.15) is 0 Å². The van der Waals surface area contributed by atoms with Gasteiger partial charge in [-0.1, -0.05) is 0 Å². The molecule has 0 unspecified atom stereocenters. The minimum absolute atomic E-state index is 0.605. The number of nitrogens with zero attached hydrogens (tertiary/aromatic N) is 2. The van der Waals surface area contributed by atoms with E-state index < -0.39 is 18.4 Å². The third-order valence-electron chi connectivity index (χ3n) is 6.94. The topological polar surface area (TPSA) is 17.8 Å². The summed E-state index contributed by atoms with van der Waals surface area (Å²) in [6, 6.07) is 13.0. The number of hydrogen-bond donors (Lipinski definition) is 0. The fourth-order valence-electron chi connectivity index (χ4n) is 4.98. The van der Waals surface area contributed by atoms with E-state index in [1.165, 1.54) is 62.7 Å². The second kappa shape index (κ2) is 12.1. The molecule has 174 valence electrons. The molecular weight excluding hydrogens is 542 g/mol. The summed E-state index contributed by atoms with van der Waals surface area (Å²) in [6.45, 7) is 9.73. The average Bonchev–Trinajstić information content (AvgIpc) is 3.11. The summed E-state index contributed by atoms with van der Waals surface area (Å²) in [6.07, 6.45) is 7.99. The Kier molecular flexibility index (Phi) is 9.82. The Labute approximate surface area is 208 Å². The summed E-state index contributed by atoms with van der Waals surface area (Å²) in [7, 11) is 0. The molecule has 5 heteroatoms. The molecule has 2 aromatic carbocycles. The summed E-state index contributed by atoms with van der Waals surface area (Å²) < 4.78 is 8.23. The van der Waals surface area contributed by atoms with Gasteiger partial charge in [-0.25, -0.2) is 0 Å². The predicted molar refractivity (Wildman–Crippen MR) is 145 cm³/mol. The van der Waals surface area contributed by atoms with Crippen molar-refractivity contribution < 1.29 is 0 Å². The van der Waals surface area contributed by atoms with E-state index in [1.807, 2.05) is 18.2 Å². The first-order chi connectivity index (χ1) is 15.5. The first-order valence-electron chi connectivity index (χ1n) is 12.4. The predicted octanol–water partition coefficient (Wildman–Crippen LogP) is 8.76. The summed E-state index contributed by atoms with van der Waals surface area (Å²) in [5, 5.41) is 7.56. The van der Waals surface area contributed by atoms with Gasteiger partial charge in [0.25, 0.3) is 0 Å². The molecule has 0 atom stereocenters. The van der Waals surface area contributed by atoms with Crippen LogP contribution in [0.2, 0.25) is 23.4 Å². The summed E-state index contributed by atoms with van der Waals surface area (Å²) in [4.78, 5) is 0. The van der Waals surface area contributed by atoms with Gasteiger partial charge in [-0.05, 0) is 0 Å². The number of hydrogen-bond acceptors (Lipinski definition) is 1. The van der Waals surface area contributed by atoms with Gasteiger partial charge in [0.05, 0.1) is 0 Å². The van der Waals surface area contributed by atoms with Crippen molar-refractivity contribution in [2.24, 2.45) is 0 Å². The van der Waals surface area contributed by atoms with Gasteiger partial charge in [-0.2, -0.15) is 0 Å². The molecular formula is C27H38Cl2N2Sn. The normalized spacial score (nSPS) is 12.1. The van der Waals surface area contributed by atoms with Gasteiger partial charge in [0, 0.05) is 0 Å². The summed E-state index contributed by atoms with van der Waals surface area (Å²) in [5.41, 5.74) is 3.26. The number of aryl methyl sites for hydroxylation is 1. The summed E-state index contributed by atoms with van der Waals surface area (Å²) in [5.74, 6) is 0. The van der Waals surface area contributed by atoms with Gasteiger partial charge in [-0.15, -0.1) is 0 Å². The molecule has 32 heavy (non-hydrogen) atoms. The van der Waals surface area contributed by atoms with Crippen LogP contribution in [0.4, 0.5) is 0 Å².